The number of nitro groups is 1. The molecule has 3 amide bonds. The minimum absolute atomic E-state index is 0.0534. The number of hydrogen-bond acceptors (Lipinski definition) is 5. The van der Waals surface area contributed by atoms with Crippen LogP contribution in [0.1, 0.15) is 47.1 Å². The molecule has 0 aliphatic carbocycles. The molecular weight excluding hydrogens is 374 g/mol. The first kappa shape index (κ1) is 20.2. The summed E-state index contributed by atoms with van der Waals surface area (Å²) in [4.78, 5) is 51.3. The summed E-state index contributed by atoms with van der Waals surface area (Å²) in [7, 11) is 0. The Bertz CT molecular complexity index is 995. The number of carbonyl (C=O) groups is 3. The highest BCUT2D eigenvalue weighted by atomic mass is 16.6. The van der Waals surface area contributed by atoms with Crippen LogP contribution in [0, 0.1) is 10.1 Å². The molecule has 0 spiro atoms. The van der Waals surface area contributed by atoms with E-state index in [2.05, 4.69) is 0 Å². The maximum atomic E-state index is 13.1. The van der Waals surface area contributed by atoms with Crippen molar-refractivity contribution in [2.45, 2.75) is 32.9 Å². The Hall–Kier alpha value is -3.55. The number of amides is 3. The molecule has 8 nitrogen and oxygen atoms in total. The minimum Gasteiger partial charge on any atom is -0.332 e. The van der Waals surface area contributed by atoms with Gasteiger partial charge in [-0.2, -0.15) is 0 Å². The number of fused-ring (bicyclic) bond motifs is 1. The van der Waals surface area contributed by atoms with Crippen molar-refractivity contribution in [1.82, 2.24) is 9.80 Å². The largest absolute Gasteiger partial charge is 0.332 e. The number of carbonyl (C=O) groups excluding carboxylic acids is 3. The van der Waals surface area contributed by atoms with Crippen LogP contribution in [-0.2, 0) is 11.3 Å². The van der Waals surface area contributed by atoms with Gasteiger partial charge in [0.05, 0.1) is 10.5 Å². The Labute approximate surface area is 167 Å². The quantitative estimate of drug-likeness (QED) is 0.440. The van der Waals surface area contributed by atoms with E-state index in [9.17, 15) is 24.5 Å². The third-order valence-corrected chi connectivity index (χ3v) is 4.76. The molecule has 8 heteroatoms. The molecule has 150 valence electrons. The summed E-state index contributed by atoms with van der Waals surface area (Å²) in [6.07, 6.45) is 0. The van der Waals surface area contributed by atoms with E-state index < -0.39 is 40.4 Å². The van der Waals surface area contributed by atoms with E-state index in [1.807, 2.05) is 51.1 Å². The van der Waals surface area contributed by atoms with E-state index in [4.69, 9.17) is 0 Å². The highest BCUT2D eigenvalue weighted by Gasteiger charge is 2.42. The van der Waals surface area contributed by atoms with E-state index in [1.54, 1.807) is 4.90 Å². The van der Waals surface area contributed by atoms with Crippen LogP contribution in [0.15, 0.2) is 48.5 Å². The topological polar surface area (TPSA) is 101 Å². The fourth-order valence-corrected chi connectivity index (χ4v) is 3.30. The first-order valence-corrected chi connectivity index (χ1v) is 9.09. The van der Waals surface area contributed by atoms with Crippen molar-refractivity contribution < 1.29 is 19.3 Å². The Morgan fingerprint density at radius 3 is 2.28 bits per heavy atom. The standard InChI is InChI=1S/C21H21N3O5/c1-21(2,3)23(12-14-8-5-4-6-9-14)17(25)13-22-19(26)15-10-7-11-16(24(28)29)18(15)20(22)27/h4-11H,12-13H2,1-3H3. The molecule has 1 aliphatic heterocycles. The number of benzene rings is 2. The molecule has 0 aromatic heterocycles. The van der Waals surface area contributed by atoms with Crippen molar-refractivity contribution in [3.63, 3.8) is 0 Å². The van der Waals surface area contributed by atoms with E-state index in [-0.39, 0.29) is 11.1 Å². The summed E-state index contributed by atoms with van der Waals surface area (Å²) in [6, 6.07) is 13.3. The zero-order chi connectivity index (χ0) is 21.3. The Balaban J connectivity index is 1.87. The molecule has 0 bridgehead atoms. The van der Waals surface area contributed by atoms with Gasteiger partial charge in [0.2, 0.25) is 5.91 Å². The number of hydrogen-bond donors (Lipinski definition) is 0. The molecule has 2 aromatic rings. The second-order valence-corrected chi connectivity index (χ2v) is 7.79. The van der Waals surface area contributed by atoms with Crippen LogP contribution in [0.4, 0.5) is 5.69 Å². The van der Waals surface area contributed by atoms with Crippen molar-refractivity contribution in [1.29, 1.82) is 0 Å². The molecule has 3 rings (SSSR count). The summed E-state index contributed by atoms with van der Waals surface area (Å²) in [5.41, 5.74) is -0.401. The number of rotatable bonds is 5. The molecule has 2 aromatic carbocycles. The van der Waals surface area contributed by atoms with Crippen LogP contribution in [0.2, 0.25) is 0 Å². The molecule has 0 unspecified atom stereocenters. The summed E-state index contributed by atoms with van der Waals surface area (Å²) < 4.78 is 0. The van der Waals surface area contributed by atoms with Gasteiger partial charge in [-0.25, -0.2) is 0 Å². The second kappa shape index (κ2) is 7.46. The average Bonchev–Trinajstić information content (AvgIpc) is 2.91. The van der Waals surface area contributed by atoms with Gasteiger partial charge in [-0.15, -0.1) is 0 Å². The fraction of sp³-hybridized carbons (Fsp3) is 0.286. The monoisotopic (exact) mass is 395 g/mol. The summed E-state index contributed by atoms with van der Waals surface area (Å²) in [5, 5.41) is 11.2. The lowest BCUT2D eigenvalue weighted by molar-refractivity contribution is -0.385. The van der Waals surface area contributed by atoms with Gasteiger partial charge in [0, 0.05) is 18.2 Å². The van der Waals surface area contributed by atoms with Crippen LogP contribution in [0.5, 0.6) is 0 Å². The van der Waals surface area contributed by atoms with Gasteiger partial charge in [-0.1, -0.05) is 36.4 Å². The highest BCUT2D eigenvalue weighted by Crippen LogP contribution is 2.31. The first-order chi connectivity index (χ1) is 13.6. The van der Waals surface area contributed by atoms with E-state index in [0.29, 0.717) is 6.54 Å². The molecular formula is C21H21N3O5. The second-order valence-electron chi connectivity index (χ2n) is 7.79. The Morgan fingerprint density at radius 2 is 1.69 bits per heavy atom. The predicted molar refractivity (Wildman–Crippen MR) is 105 cm³/mol. The van der Waals surface area contributed by atoms with E-state index in [1.165, 1.54) is 18.2 Å². The van der Waals surface area contributed by atoms with Crippen molar-refractivity contribution in [2.75, 3.05) is 6.54 Å². The van der Waals surface area contributed by atoms with Crippen LogP contribution >= 0.6 is 0 Å². The number of nitrogens with zero attached hydrogens (tertiary/aromatic N) is 3. The molecule has 0 radical (unpaired) electrons. The molecule has 0 saturated heterocycles. The van der Waals surface area contributed by atoms with Crippen molar-refractivity contribution in [2.24, 2.45) is 0 Å². The zero-order valence-corrected chi connectivity index (χ0v) is 16.4. The fourth-order valence-electron chi connectivity index (χ4n) is 3.30. The molecule has 1 heterocycles. The van der Waals surface area contributed by atoms with Gasteiger partial charge in [-0.05, 0) is 32.4 Å². The van der Waals surface area contributed by atoms with Crippen molar-refractivity contribution >= 4 is 23.4 Å². The molecule has 0 atom stereocenters. The van der Waals surface area contributed by atoms with Gasteiger partial charge in [-0.3, -0.25) is 29.4 Å². The molecule has 0 fully saturated rings. The normalized spacial score (nSPS) is 13.4. The average molecular weight is 395 g/mol. The lowest BCUT2D eigenvalue weighted by atomic mass is 10.0. The zero-order valence-electron chi connectivity index (χ0n) is 16.4. The van der Waals surface area contributed by atoms with E-state index >= 15 is 0 Å². The van der Waals surface area contributed by atoms with Gasteiger partial charge in [0.15, 0.2) is 0 Å². The van der Waals surface area contributed by atoms with Crippen molar-refractivity contribution in [3.8, 4) is 0 Å². The van der Waals surface area contributed by atoms with Gasteiger partial charge >= 0.3 is 0 Å². The van der Waals surface area contributed by atoms with Crippen LogP contribution < -0.4 is 0 Å². The first-order valence-electron chi connectivity index (χ1n) is 9.09. The minimum atomic E-state index is -0.820. The third-order valence-electron chi connectivity index (χ3n) is 4.76. The van der Waals surface area contributed by atoms with Gasteiger partial charge in [0.1, 0.15) is 12.1 Å². The van der Waals surface area contributed by atoms with Crippen molar-refractivity contribution in [3.05, 3.63) is 75.3 Å². The molecule has 1 aliphatic rings. The molecule has 29 heavy (non-hydrogen) atoms. The lowest BCUT2D eigenvalue weighted by Crippen LogP contribution is -2.50. The maximum Gasteiger partial charge on any atom is 0.282 e. The smallest absolute Gasteiger partial charge is 0.282 e. The SMILES string of the molecule is CC(C)(C)N(Cc1ccccc1)C(=O)CN1C(=O)c2cccc([N+](=O)[O-])c2C1=O. The highest BCUT2D eigenvalue weighted by molar-refractivity contribution is 6.24. The van der Waals surface area contributed by atoms with Crippen LogP contribution in [0.3, 0.4) is 0 Å². The summed E-state index contributed by atoms with van der Waals surface area (Å²) in [6.45, 7) is 5.42. The third kappa shape index (κ3) is 3.87. The summed E-state index contributed by atoms with van der Waals surface area (Å²) >= 11 is 0. The Morgan fingerprint density at radius 1 is 1.03 bits per heavy atom. The summed E-state index contributed by atoms with van der Waals surface area (Å²) in [5.74, 6) is -1.94. The Kier molecular flexibility index (Phi) is 5.19. The van der Waals surface area contributed by atoms with Gasteiger partial charge in [0.25, 0.3) is 17.5 Å². The lowest BCUT2D eigenvalue weighted by Gasteiger charge is -2.36. The molecule has 0 saturated carbocycles. The van der Waals surface area contributed by atoms with Gasteiger partial charge < -0.3 is 4.90 Å². The number of nitro benzene ring substituents is 1. The maximum absolute atomic E-state index is 13.1. The van der Waals surface area contributed by atoms with Crippen LogP contribution in [0.25, 0.3) is 0 Å². The number of imide groups is 1. The van der Waals surface area contributed by atoms with Crippen LogP contribution in [-0.4, -0.2) is 44.5 Å². The van der Waals surface area contributed by atoms with E-state index in [0.717, 1.165) is 10.5 Å². The molecule has 0 N–H and O–H groups in total. The predicted octanol–water partition coefficient (Wildman–Crippen LogP) is 3.02.